The molecule has 1 fully saturated rings. The molecule has 128 valence electrons. The van der Waals surface area contributed by atoms with Crippen molar-refractivity contribution in [3.05, 3.63) is 53.9 Å². The molecule has 1 saturated heterocycles. The SMILES string of the molecule is Cc1nccn1CCCN1CCC[C@@H](C(=O)c2ccc(F)cc2)C1. The lowest BCUT2D eigenvalue weighted by Crippen LogP contribution is -2.39. The molecule has 0 aliphatic carbocycles. The molecule has 2 aromatic rings. The normalized spacial score (nSPS) is 18.7. The number of imidazole rings is 1. The highest BCUT2D eigenvalue weighted by atomic mass is 19.1. The summed E-state index contributed by atoms with van der Waals surface area (Å²) >= 11 is 0. The second-order valence-electron chi connectivity index (χ2n) is 6.53. The number of Topliss-reactive ketones (excluding diaryl/α,β-unsaturated/α-hetero) is 1. The molecule has 1 aliphatic rings. The van der Waals surface area contributed by atoms with Crippen molar-refractivity contribution in [1.29, 1.82) is 0 Å². The van der Waals surface area contributed by atoms with Crippen LogP contribution in [0.25, 0.3) is 0 Å². The van der Waals surface area contributed by atoms with Gasteiger partial charge in [0.05, 0.1) is 0 Å². The van der Waals surface area contributed by atoms with Crippen molar-refractivity contribution in [3.63, 3.8) is 0 Å². The van der Waals surface area contributed by atoms with Crippen molar-refractivity contribution in [2.75, 3.05) is 19.6 Å². The minimum absolute atomic E-state index is 0.0270. The molecule has 1 atom stereocenters. The van der Waals surface area contributed by atoms with E-state index in [1.54, 1.807) is 12.1 Å². The second kappa shape index (κ2) is 7.71. The molecule has 0 bridgehead atoms. The van der Waals surface area contributed by atoms with Crippen molar-refractivity contribution >= 4 is 5.78 Å². The van der Waals surface area contributed by atoms with Crippen molar-refractivity contribution in [2.24, 2.45) is 5.92 Å². The first kappa shape index (κ1) is 16.8. The molecule has 0 unspecified atom stereocenters. The molecule has 2 heterocycles. The van der Waals surface area contributed by atoms with Crippen LogP contribution in [-0.2, 0) is 6.54 Å². The summed E-state index contributed by atoms with van der Waals surface area (Å²) in [6, 6.07) is 5.92. The van der Waals surface area contributed by atoms with E-state index in [1.165, 1.54) is 12.1 Å². The van der Waals surface area contributed by atoms with Gasteiger partial charge in [-0.15, -0.1) is 0 Å². The van der Waals surface area contributed by atoms with Gasteiger partial charge in [-0.3, -0.25) is 4.79 Å². The number of rotatable bonds is 6. The van der Waals surface area contributed by atoms with Gasteiger partial charge in [0, 0.05) is 37.0 Å². The summed E-state index contributed by atoms with van der Waals surface area (Å²) in [5.41, 5.74) is 0.622. The number of aryl methyl sites for hydroxylation is 2. The maximum Gasteiger partial charge on any atom is 0.167 e. The number of hydrogen-bond donors (Lipinski definition) is 0. The largest absolute Gasteiger partial charge is 0.335 e. The van der Waals surface area contributed by atoms with Crippen molar-refractivity contribution in [3.8, 4) is 0 Å². The number of piperidine rings is 1. The van der Waals surface area contributed by atoms with Crippen LogP contribution in [0, 0.1) is 18.7 Å². The van der Waals surface area contributed by atoms with E-state index >= 15 is 0 Å². The Morgan fingerprint density at radius 2 is 2.08 bits per heavy atom. The Morgan fingerprint density at radius 3 is 2.79 bits per heavy atom. The average molecular weight is 329 g/mol. The number of carbonyl (C=O) groups excluding carboxylic acids is 1. The van der Waals surface area contributed by atoms with Crippen LogP contribution in [0.5, 0.6) is 0 Å². The van der Waals surface area contributed by atoms with E-state index in [0.29, 0.717) is 5.56 Å². The Hall–Kier alpha value is -2.01. The molecular weight excluding hydrogens is 305 g/mol. The number of carbonyl (C=O) groups is 1. The van der Waals surface area contributed by atoms with Crippen LogP contribution >= 0.6 is 0 Å². The minimum atomic E-state index is -0.299. The molecule has 4 nitrogen and oxygen atoms in total. The van der Waals surface area contributed by atoms with Gasteiger partial charge < -0.3 is 9.47 Å². The first-order valence-electron chi connectivity index (χ1n) is 8.63. The molecule has 0 amide bonds. The fourth-order valence-electron chi connectivity index (χ4n) is 3.43. The third-order valence-electron chi connectivity index (χ3n) is 4.80. The molecule has 24 heavy (non-hydrogen) atoms. The van der Waals surface area contributed by atoms with Gasteiger partial charge in [0.1, 0.15) is 11.6 Å². The van der Waals surface area contributed by atoms with Crippen LogP contribution in [-0.4, -0.2) is 39.9 Å². The first-order valence-corrected chi connectivity index (χ1v) is 8.63. The van der Waals surface area contributed by atoms with Gasteiger partial charge in [0.2, 0.25) is 0 Å². The molecule has 0 radical (unpaired) electrons. The van der Waals surface area contributed by atoms with E-state index in [4.69, 9.17) is 0 Å². The fourth-order valence-corrected chi connectivity index (χ4v) is 3.43. The third-order valence-corrected chi connectivity index (χ3v) is 4.80. The van der Waals surface area contributed by atoms with E-state index in [1.807, 2.05) is 19.3 Å². The van der Waals surface area contributed by atoms with Crippen molar-refractivity contribution in [1.82, 2.24) is 14.5 Å². The van der Waals surface area contributed by atoms with E-state index in [2.05, 4.69) is 14.5 Å². The highest BCUT2D eigenvalue weighted by Gasteiger charge is 2.26. The first-order chi connectivity index (χ1) is 11.6. The van der Waals surface area contributed by atoms with Crippen LogP contribution in [0.4, 0.5) is 4.39 Å². The van der Waals surface area contributed by atoms with Gasteiger partial charge in [-0.25, -0.2) is 9.37 Å². The van der Waals surface area contributed by atoms with E-state index < -0.39 is 0 Å². The summed E-state index contributed by atoms with van der Waals surface area (Å²) in [6.07, 6.45) is 6.85. The third kappa shape index (κ3) is 4.09. The summed E-state index contributed by atoms with van der Waals surface area (Å²) < 4.78 is 15.2. The lowest BCUT2D eigenvalue weighted by Gasteiger charge is -2.32. The number of likely N-dealkylation sites (tertiary alicyclic amines) is 1. The number of halogens is 1. The predicted molar refractivity (Wildman–Crippen MR) is 91.5 cm³/mol. The summed E-state index contributed by atoms with van der Waals surface area (Å²) in [4.78, 5) is 19.2. The summed E-state index contributed by atoms with van der Waals surface area (Å²) in [5.74, 6) is 0.911. The van der Waals surface area contributed by atoms with Crippen LogP contribution in [0.3, 0.4) is 0 Å². The zero-order valence-electron chi connectivity index (χ0n) is 14.1. The van der Waals surface area contributed by atoms with Crippen LogP contribution < -0.4 is 0 Å². The number of benzene rings is 1. The predicted octanol–water partition coefficient (Wildman–Crippen LogP) is 3.32. The zero-order valence-corrected chi connectivity index (χ0v) is 14.1. The van der Waals surface area contributed by atoms with Crippen LogP contribution in [0.15, 0.2) is 36.7 Å². The highest BCUT2D eigenvalue weighted by molar-refractivity contribution is 5.98. The molecule has 0 saturated carbocycles. The van der Waals surface area contributed by atoms with Gasteiger partial charge >= 0.3 is 0 Å². The maximum absolute atomic E-state index is 13.0. The van der Waals surface area contributed by atoms with E-state index in [9.17, 15) is 9.18 Å². The van der Waals surface area contributed by atoms with Crippen molar-refractivity contribution in [2.45, 2.75) is 32.7 Å². The molecule has 3 rings (SSSR count). The number of nitrogens with zero attached hydrogens (tertiary/aromatic N) is 3. The molecule has 1 aromatic carbocycles. The number of hydrogen-bond acceptors (Lipinski definition) is 3. The number of aromatic nitrogens is 2. The lowest BCUT2D eigenvalue weighted by atomic mass is 9.90. The minimum Gasteiger partial charge on any atom is -0.335 e. The van der Waals surface area contributed by atoms with Crippen molar-refractivity contribution < 1.29 is 9.18 Å². The van der Waals surface area contributed by atoms with Gasteiger partial charge in [-0.2, -0.15) is 0 Å². The Balaban J connectivity index is 1.51. The zero-order chi connectivity index (χ0) is 16.9. The summed E-state index contributed by atoms with van der Waals surface area (Å²) in [5, 5.41) is 0. The Labute approximate surface area is 142 Å². The van der Waals surface area contributed by atoms with Crippen LogP contribution in [0.2, 0.25) is 0 Å². The molecule has 0 N–H and O–H groups in total. The van der Waals surface area contributed by atoms with Gasteiger partial charge in [0.15, 0.2) is 5.78 Å². The second-order valence-corrected chi connectivity index (χ2v) is 6.53. The molecule has 5 heteroatoms. The molecule has 1 aliphatic heterocycles. The van der Waals surface area contributed by atoms with E-state index in [0.717, 1.165) is 51.3 Å². The van der Waals surface area contributed by atoms with Gasteiger partial charge in [0.25, 0.3) is 0 Å². The maximum atomic E-state index is 13.0. The molecule has 1 aromatic heterocycles. The molecule has 0 spiro atoms. The fraction of sp³-hybridized carbons (Fsp3) is 0.474. The topological polar surface area (TPSA) is 38.1 Å². The van der Waals surface area contributed by atoms with Gasteiger partial charge in [-0.05, 0) is 63.5 Å². The monoisotopic (exact) mass is 329 g/mol. The van der Waals surface area contributed by atoms with Gasteiger partial charge in [-0.1, -0.05) is 0 Å². The number of ketones is 1. The van der Waals surface area contributed by atoms with E-state index in [-0.39, 0.29) is 17.5 Å². The summed E-state index contributed by atoms with van der Waals surface area (Å²) in [6.45, 7) is 5.82. The standard InChI is InChI=1S/C19H24FN3O/c1-15-21-9-13-23(15)12-3-11-22-10-2-4-17(14-22)19(24)16-5-7-18(20)8-6-16/h5-9,13,17H,2-4,10-12,14H2,1H3/t17-/m1/s1. The Bertz CT molecular complexity index is 680. The molecular formula is C19H24FN3O. The lowest BCUT2D eigenvalue weighted by molar-refractivity contribution is 0.0817. The highest BCUT2D eigenvalue weighted by Crippen LogP contribution is 2.21. The Kier molecular flexibility index (Phi) is 5.41. The smallest absolute Gasteiger partial charge is 0.167 e. The average Bonchev–Trinajstić information content (AvgIpc) is 3.00. The van der Waals surface area contributed by atoms with Crippen LogP contribution in [0.1, 0.15) is 35.4 Å². The quantitative estimate of drug-likeness (QED) is 0.763. The Morgan fingerprint density at radius 1 is 1.29 bits per heavy atom. The summed E-state index contributed by atoms with van der Waals surface area (Å²) in [7, 11) is 0.